The monoisotopic (exact) mass is 462 g/mol. The number of aliphatic carboxylic acids is 1. The molecule has 2 aromatic rings. The quantitative estimate of drug-likeness (QED) is 0.576. The van der Waals surface area contributed by atoms with Crippen molar-refractivity contribution in [3.05, 3.63) is 59.7 Å². The van der Waals surface area contributed by atoms with Crippen molar-refractivity contribution in [3.8, 4) is 11.1 Å². The molecule has 2 amide bonds. The first-order chi connectivity index (χ1) is 16.5. The zero-order valence-corrected chi connectivity index (χ0v) is 19.0. The topological polar surface area (TPSA) is 105 Å². The van der Waals surface area contributed by atoms with E-state index >= 15 is 0 Å². The first kappa shape index (κ1) is 22.4. The van der Waals surface area contributed by atoms with Crippen molar-refractivity contribution in [3.63, 3.8) is 0 Å². The van der Waals surface area contributed by atoms with Crippen LogP contribution in [0.4, 0.5) is 4.79 Å². The lowest BCUT2D eigenvalue weighted by Crippen LogP contribution is -2.48. The molecule has 178 valence electrons. The number of hydrogen-bond donors (Lipinski definition) is 3. The van der Waals surface area contributed by atoms with E-state index in [2.05, 4.69) is 34.9 Å². The number of rotatable bonds is 7. The molecule has 2 fully saturated rings. The van der Waals surface area contributed by atoms with Gasteiger partial charge in [-0.2, -0.15) is 0 Å². The molecule has 0 aliphatic heterocycles. The molecule has 0 radical (unpaired) electrons. The van der Waals surface area contributed by atoms with E-state index in [4.69, 9.17) is 4.74 Å². The molecule has 3 aliphatic rings. The van der Waals surface area contributed by atoms with Crippen LogP contribution >= 0.6 is 0 Å². The van der Waals surface area contributed by atoms with Crippen LogP contribution in [0, 0.1) is 11.8 Å². The minimum Gasteiger partial charge on any atom is -0.480 e. The van der Waals surface area contributed by atoms with E-state index in [1.165, 1.54) is 11.1 Å². The number of amides is 2. The molecule has 34 heavy (non-hydrogen) atoms. The summed E-state index contributed by atoms with van der Waals surface area (Å²) in [5, 5.41) is 15.0. The maximum absolute atomic E-state index is 12.7. The van der Waals surface area contributed by atoms with Gasteiger partial charge in [0, 0.05) is 17.9 Å². The fourth-order valence-corrected chi connectivity index (χ4v) is 5.45. The van der Waals surface area contributed by atoms with Crippen LogP contribution in [0.1, 0.15) is 55.6 Å². The molecule has 3 N–H and O–H groups in total. The Kier molecular flexibility index (Phi) is 6.26. The van der Waals surface area contributed by atoms with Crippen LogP contribution in [0.25, 0.3) is 11.1 Å². The number of carbonyl (C=O) groups excluding carboxylic acids is 2. The number of carboxylic acid groups (broad SMARTS) is 1. The largest absolute Gasteiger partial charge is 0.480 e. The predicted molar refractivity (Wildman–Crippen MR) is 126 cm³/mol. The molecular weight excluding hydrogens is 432 g/mol. The second-order valence-corrected chi connectivity index (χ2v) is 9.69. The zero-order chi connectivity index (χ0) is 23.7. The van der Waals surface area contributed by atoms with Crippen molar-refractivity contribution in [2.45, 2.75) is 56.5 Å². The molecule has 0 saturated heterocycles. The fraction of sp³-hybridized carbons (Fsp3) is 0.444. The number of hydrogen-bond acceptors (Lipinski definition) is 4. The Balaban J connectivity index is 1.15. The summed E-state index contributed by atoms with van der Waals surface area (Å²) in [4.78, 5) is 36.8. The number of ether oxygens (including phenoxy) is 1. The van der Waals surface area contributed by atoms with Gasteiger partial charge in [0.15, 0.2) is 0 Å². The van der Waals surface area contributed by atoms with Gasteiger partial charge in [-0.1, -0.05) is 55.0 Å². The maximum Gasteiger partial charge on any atom is 0.407 e. The van der Waals surface area contributed by atoms with Gasteiger partial charge >= 0.3 is 12.1 Å². The van der Waals surface area contributed by atoms with Gasteiger partial charge in [0.05, 0.1) is 0 Å². The van der Waals surface area contributed by atoms with E-state index in [-0.39, 0.29) is 36.3 Å². The number of fused-ring (bicyclic) bond motifs is 3. The fourth-order valence-electron chi connectivity index (χ4n) is 5.45. The average molecular weight is 463 g/mol. The summed E-state index contributed by atoms with van der Waals surface area (Å²) in [6.45, 7) is 0.248. The Morgan fingerprint density at radius 2 is 1.59 bits per heavy atom. The predicted octanol–water partition coefficient (Wildman–Crippen LogP) is 4.06. The Labute approximate surface area is 198 Å². The van der Waals surface area contributed by atoms with Gasteiger partial charge in [-0.05, 0) is 60.3 Å². The Bertz CT molecular complexity index is 1050. The molecule has 0 spiro atoms. The van der Waals surface area contributed by atoms with Gasteiger partial charge in [-0.25, -0.2) is 9.59 Å². The Hall–Kier alpha value is -3.35. The van der Waals surface area contributed by atoms with Crippen molar-refractivity contribution in [2.75, 3.05) is 6.61 Å². The van der Waals surface area contributed by atoms with E-state index in [1.807, 2.05) is 24.3 Å². The highest BCUT2D eigenvalue weighted by molar-refractivity contribution is 5.85. The summed E-state index contributed by atoms with van der Waals surface area (Å²) in [5.41, 5.74) is 4.68. The summed E-state index contributed by atoms with van der Waals surface area (Å²) >= 11 is 0. The highest BCUT2D eigenvalue weighted by Gasteiger charge is 2.39. The third-order valence-electron chi connectivity index (χ3n) is 7.37. The first-order valence-electron chi connectivity index (χ1n) is 12.2. The van der Waals surface area contributed by atoms with Crippen molar-refractivity contribution in [1.82, 2.24) is 10.6 Å². The second kappa shape index (κ2) is 9.49. The summed E-state index contributed by atoms with van der Waals surface area (Å²) in [6, 6.07) is 15.4. The summed E-state index contributed by atoms with van der Waals surface area (Å²) < 4.78 is 5.65. The highest BCUT2D eigenvalue weighted by Crippen LogP contribution is 2.44. The zero-order valence-electron chi connectivity index (χ0n) is 19.0. The van der Waals surface area contributed by atoms with E-state index in [1.54, 1.807) is 0 Å². The number of alkyl carbamates (subject to hydrolysis) is 1. The van der Waals surface area contributed by atoms with E-state index in [0.717, 1.165) is 36.8 Å². The lowest BCUT2D eigenvalue weighted by molar-refractivity contribution is -0.143. The number of benzene rings is 2. The normalized spacial score (nSPS) is 22.2. The van der Waals surface area contributed by atoms with E-state index in [0.29, 0.717) is 12.8 Å². The summed E-state index contributed by atoms with van der Waals surface area (Å²) in [5.74, 6) is -1.45. The van der Waals surface area contributed by atoms with Crippen molar-refractivity contribution in [1.29, 1.82) is 0 Å². The Morgan fingerprint density at radius 1 is 0.941 bits per heavy atom. The average Bonchev–Trinajstić information content (AvgIpc) is 3.63. The minimum atomic E-state index is -0.972. The molecule has 0 bridgehead atoms. The van der Waals surface area contributed by atoms with Gasteiger partial charge in [-0.3, -0.25) is 4.79 Å². The summed E-state index contributed by atoms with van der Waals surface area (Å²) in [7, 11) is 0. The van der Waals surface area contributed by atoms with Gasteiger partial charge in [0.25, 0.3) is 0 Å². The van der Waals surface area contributed by atoms with Crippen molar-refractivity contribution >= 4 is 18.0 Å². The molecule has 7 heteroatoms. The van der Waals surface area contributed by atoms with Crippen LogP contribution < -0.4 is 10.6 Å². The second-order valence-electron chi connectivity index (χ2n) is 9.69. The lowest BCUT2D eigenvalue weighted by Gasteiger charge is -2.29. The molecule has 0 heterocycles. The molecule has 3 atom stereocenters. The van der Waals surface area contributed by atoms with Gasteiger partial charge < -0.3 is 20.5 Å². The van der Waals surface area contributed by atoms with Crippen LogP contribution in [-0.2, 0) is 14.3 Å². The van der Waals surface area contributed by atoms with Crippen LogP contribution in [0.15, 0.2) is 48.5 Å². The van der Waals surface area contributed by atoms with Gasteiger partial charge in [0.2, 0.25) is 5.91 Å². The third kappa shape index (κ3) is 4.65. The van der Waals surface area contributed by atoms with Crippen molar-refractivity contribution in [2.24, 2.45) is 11.8 Å². The molecular formula is C27H30N2O5. The number of carboxylic acids is 1. The van der Waals surface area contributed by atoms with Gasteiger partial charge in [-0.15, -0.1) is 0 Å². The lowest BCUT2D eigenvalue weighted by atomic mass is 9.85. The Morgan fingerprint density at radius 3 is 2.21 bits per heavy atom. The summed E-state index contributed by atoms with van der Waals surface area (Å²) in [6.07, 6.45) is 3.97. The SMILES string of the molecule is O=C(N[C@@H]1CCC[C@@H](C(=O)NC(C(=O)O)C2CC2)C1)OCC1c2ccccc2-c2ccccc21. The van der Waals surface area contributed by atoms with Gasteiger partial charge in [0.1, 0.15) is 12.6 Å². The smallest absolute Gasteiger partial charge is 0.407 e. The molecule has 5 rings (SSSR count). The molecule has 2 aromatic carbocycles. The van der Waals surface area contributed by atoms with E-state index in [9.17, 15) is 19.5 Å². The van der Waals surface area contributed by atoms with Crippen LogP contribution in [0.2, 0.25) is 0 Å². The molecule has 3 aliphatic carbocycles. The van der Waals surface area contributed by atoms with Crippen LogP contribution in [0.3, 0.4) is 0 Å². The molecule has 7 nitrogen and oxygen atoms in total. The highest BCUT2D eigenvalue weighted by atomic mass is 16.5. The molecule has 1 unspecified atom stereocenters. The van der Waals surface area contributed by atoms with E-state index < -0.39 is 18.1 Å². The first-order valence-corrected chi connectivity index (χ1v) is 12.2. The molecule has 2 saturated carbocycles. The van der Waals surface area contributed by atoms with Crippen LogP contribution in [0.5, 0.6) is 0 Å². The third-order valence-corrected chi connectivity index (χ3v) is 7.37. The minimum absolute atomic E-state index is 0.00147. The molecule has 0 aromatic heterocycles. The maximum atomic E-state index is 12.7. The van der Waals surface area contributed by atoms with Crippen LogP contribution in [-0.4, -0.2) is 41.8 Å². The number of nitrogens with one attached hydrogen (secondary N) is 2. The van der Waals surface area contributed by atoms with Crippen molar-refractivity contribution < 1.29 is 24.2 Å². The number of carbonyl (C=O) groups is 3. The standard InChI is InChI=1S/C27H30N2O5/c30-25(29-24(26(31)32)16-12-13-16)17-6-5-7-18(14-17)28-27(33)34-15-23-21-10-3-1-8-19(21)20-9-2-4-11-22(20)23/h1-4,8-11,16-18,23-24H,5-7,12-15H2,(H,28,33)(H,29,30)(H,31,32)/t17-,18-,24?/m1/s1.